The predicted molar refractivity (Wildman–Crippen MR) is 67.3 cm³/mol. The zero-order valence-electron chi connectivity index (χ0n) is 9.71. The van der Waals surface area contributed by atoms with Crippen LogP contribution >= 0.6 is 0 Å². The Kier molecular flexibility index (Phi) is 1.82. The summed E-state index contributed by atoms with van der Waals surface area (Å²) in [6.07, 6.45) is 1.54. The Bertz CT molecular complexity index is 792. The molecule has 0 aliphatic heterocycles. The number of rotatable bonds is 0. The van der Waals surface area contributed by atoms with Gasteiger partial charge in [0, 0.05) is 27.6 Å². The van der Waals surface area contributed by atoms with Crippen LogP contribution in [-0.4, -0.2) is 16.7 Å². The summed E-state index contributed by atoms with van der Waals surface area (Å²) in [7, 11) is 0. The van der Waals surface area contributed by atoms with E-state index < -0.39 is 0 Å². The number of hydrogen-bond donors (Lipinski definition) is 0. The fraction of sp³-hybridized carbons (Fsp3) is 0. The number of carbonyl (C=O) groups excluding carboxylic acids is 2. The highest BCUT2D eigenvalue weighted by molar-refractivity contribution is 6.29. The second-order valence-electron chi connectivity index (χ2n) is 4.47. The molecule has 19 heavy (non-hydrogen) atoms. The van der Waals surface area contributed by atoms with Gasteiger partial charge in [0.1, 0.15) is 0 Å². The SMILES string of the molecule is O=C1c2ccccc2C(=O)c2cc3oncc3cc21. The van der Waals surface area contributed by atoms with Crippen LogP contribution in [0.15, 0.2) is 47.1 Å². The van der Waals surface area contributed by atoms with E-state index in [2.05, 4.69) is 5.16 Å². The minimum atomic E-state index is -0.150. The molecule has 1 aliphatic carbocycles. The van der Waals surface area contributed by atoms with Gasteiger partial charge in [0.2, 0.25) is 0 Å². The molecule has 0 radical (unpaired) electrons. The summed E-state index contributed by atoms with van der Waals surface area (Å²) in [5.41, 5.74) is 2.21. The predicted octanol–water partition coefficient (Wildman–Crippen LogP) is 2.60. The lowest BCUT2D eigenvalue weighted by Gasteiger charge is -2.16. The van der Waals surface area contributed by atoms with Crippen molar-refractivity contribution >= 4 is 22.5 Å². The summed E-state index contributed by atoms with van der Waals surface area (Å²) in [6, 6.07) is 10.1. The Balaban J connectivity index is 2.09. The highest BCUT2D eigenvalue weighted by Gasteiger charge is 2.30. The first-order chi connectivity index (χ1) is 9.25. The van der Waals surface area contributed by atoms with E-state index in [0.717, 1.165) is 5.39 Å². The van der Waals surface area contributed by atoms with Crippen LogP contribution in [-0.2, 0) is 0 Å². The lowest BCUT2D eigenvalue weighted by atomic mass is 9.84. The molecule has 2 aromatic carbocycles. The number of nitrogens with zero attached hydrogens (tertiary/aromatic N) is 1. The molecule has 4 nitrogen and oxygen atoms in total. The number of fused-ring (bicyclic) bond motifs is 3. The van der Waals surface area contributed by atoms with Crippen molar-refractivity contribution in [2.45, 2.75) is 0 Å². The van der Waals surface area contributed by atoms with Crippen LogP contribution in [0, 0.1) is 0 Å². The van der Waals surface area contributed by atoms with Gasteiger partial charge >= 0.3 is 0 Å². The molecular weight excluding hydrogens is 242 g/mol. The van der Waals surface area contributed by atoms with Crippen molar-refractivity contribution in [1.82, 2.24) is 5.16 Å². The maximum atomic E-state index is 12.4. The molecular formula is C15H7NO3. The highest BCUT2D eigenvalue weighted by atomic mass is 16.5. The summed E-state index contributed by atoms with van der Waals surface area (Å²) >= 11 is 0. The van der Waals surface area contributed by atoms with Gasteiger partial charge in [-0.2, -0.15) is 0 Å². The average Bonchev–Trinajstić information content (AvgIpc) is 2.90. The van der Waals surface area contributed by atoms with Crippen molar-refractivity contribution < 1.29 is 14.1 Å². The third-order valence-electron chi connectivity index (χ3n) is 3.40. The highest BCUT2D eigenvalue weighted by Crippen LogP contribution is 2.30. The Morgan fingerprint density at radius 3 is 2.16 bits per heavy atom. The van der Waals surface area contributed by atoms with Gasteiger partial charge in [0.25, 0.3) is 0 Å². The molecule has 0 atom stereocenters. The van der Waals surface area contributed by atoms with Crippen LogP contribution in [0.1, 0.15) is 31.8 Å². The van der Waals surface area contributed by atoms with E-state index in [0.29, 0.717) is 27.8 Å². The van der Waals surface area contributed by atoms with Crippen LogP contribution in [0.5, 0.6) is 0 Å². The molecule has 0 saturated carbocycles. The average molecular weight is 249 g/mol. The minimum absolute atomic E-state index is 0.131. The first-order valence-corrected chi connectivity index (χ1v) is 5.82. The number of benzene rings is 2. The summed E-state index contributed by atoms with van der Waals surface area (Å²) in [5.74, 6) is -0.281. The molecule has 1 aromatic heterocycles. The molecule has 90 valence electrons. The number of hydrogen-bond acceptors (Lipinski definition) is 4. The molecule has 0 fully saturated rings. The molecule has 0 N–H and O–H groups in total. The van der Waals surface area contributed by atoms with Gasteiger partial charge in [-0.3, -0.25) is 9.59 Å². The third kappa shape index (κ3) is 1.25. The molecule has 0 amide bonds. The first kappa shape index (κ1) is 10.2. The van der Waals surface area contributed by atoms with Gasteiger partial charge in [0.15, 0.2) is 17.1 Å². The Morgan fingerprint density at radius 2 is 1.47 bits per heavy atom. The van der Waals surface area contributed by atoms with Crippen molar-refractivity contribution in [1.29, 1.82) is 0 Å². The van der Waals surface area contributed by atoms with E-state index >= 15 is 0 Å². The topological polar surface area (TPSA) is 60.2 Å². The number of carbonyl (C=O) groups is 2. The number of ketones is 2. The second kappa shape index (κ2) is 3.38. The fourth-order valence-corrected chi connectivity index (χ4v) is 2.46. The molecule has 0 bridgehead atoms. The molecule has 0 spiro atoms. The van der Waals surface area contributed by atoms with Gasteiger partial charge in [-0.15, -0.1) is 0 Å². The van der Waals surface area contributed by atoms with Crippen molar-refractivity contribution in [3.8, 4) is 0 Å². The third-order valence-corrected chi connectivity index (χ3v) is 3.40. The molecule has 0 saturated heterocycles. The lowest BCUT2D eigenvalue weighted by Crippen LogP contribution is -2.20. The van der Waals surface area contributed by atoms with Crippen molar-refractivity contribution in [3.63, 3.8) is 0 Å². The molecule has 4 heteroatoms. The molecule has 3 aromatic rings. The zero-order valence-corrected chi connectivity index (χ0v) is 9.71. The van der Waals surface area contributed by atoms with E-state index in [1.165, 1.54) is 6.20 Å². The first-order valence-electron chi connectivity index (χ1n) is 5.82. The normalized spacial score (nSPS) is 13.5. The van der Waals surface area contributed by atoms with E-state index in [4.69, 9.17) is 4.52 Å². The monoisotopic (exact) mass is 249 g/mol. The van der Waals surface area contributed by atoms with Crippen molar-refractivity contribution in [2.24, 2.45) is 0 Å². The number of aromatic nitrogens is 1. The lowest BCUT2D eigenvalue weighted by molar-refractivity contribution is 0.0979. The van der Waals surface area contributed by atoms with Crippen LogP contribution in [0.25, 0.3) is 11.0 Å². The van der Waals surface area contributed by atoms with Crippen molar-refractivity contribution in [2.75, 3.05) is 0 Å². The Morgan fingerprint density at radius 1 is 0.842 bits per heavy atom. The Hall–Kier alpha value is -2.75. The molecule has 0 unspecified atom stereocenters. The zero-order chi connectivity index (χ0) is 13.0. The molecule has 4 rings (SSSR count). The van der Waals surface area contributed by atoms with E-state index in [1.807, 2.05) is 0 Å². The van der Waals surface area contributed by atoms with Gasteiger partial charge in [0.05, 0.1) is 6.20 Å². The van der Waals surface area contributed by atoms with E-state index in [1.54, 1.807) is 36.4 Å². The van der Waals surface area contributed by atoms with Crippen molar-refractivity contribution in [3.05, 3.63) is 64.8 Å². The van der Waals surface area contributed by atoms with Crippen LogP contribution < -0.4 is 0 Å². The molecule has 1 heterocycles. The largest absolute Gasteiger partial charge is 0.356 e. The second-order valence-corrected chi connectivity index (χ2v) is 4.47. The maximum absolute atomic E-state index is 12.4. The smallest absolute Gasteiger partial charge is 0.194 e. The van der Waals surface area contributed by atoms with Gasteiger partial charge in [-0.25, -0.2) is 0 Å². The van der Waals surface area contributed by atoms with Crippen LogP contribution in [0.2, 0.25) is 0 Å². The van der Waals surface area contributed by atoms with Crippen LogP contribution in [0.4, 0.5) is 0 Å². The molecule has 1 aliphatic rings. The Labute approximate surface area is 107 Å². The summed E-state index contributed by atoms with van der Waals surface area (Å²) in [6.45, 7) is 0. The quantitative estimate of drug-likeness (QED) is 0.480. The fourth-order valence-electron chi connectivity index (χ4n) is 2.46. The van der Waals surface area contributed by atoms with Crippen LogP contribution in [0.3, 0.4) is 0 Å². The summed E-state index contributed by atoms with van der Waals surface area (Å²) < 4.78 is 5.04. The van der Waals surface area contributed by atoms with E-state index in [-0.39, 0.29) is 11.6 Å². The standard InChI is InChI=1S/C15H7NO3/c17-14-9-3-1-2-4-10(9)15(18)12-6-13-8(5-11(12)14)7-16-19-13/h1-7H. The van der Waals surface area contributed by atoms with Gasteiger partial charge in [-0.1, -0.05) is 29.4 Å². The van der Waals surface area contributed by atoms with E-state index in [9.17, 15) is 9.59 Å². The summed E-state index contributed by atoms with van der Waals surface area (Å²) in [4.78, 5) is 24.8. The van der Waals surface area contributed by atoms with Gasteiger partial charge < -0.3 is 4.52 Å². The van der Waals surface area contributed by atoms with Gasteiger partial charge in [-0.05, 0) is 12.1 Å². The minimum Gasteiger partial charge on any atom is -0.356 e. The summed E-state index contributed by atoms with van der Waals surface area (Å²) in [5, 5.41) is 4.40. The maximum Gasteiger partial charge on any atom is 0.194 e.